The Morgan fingerprint density at radius 3 is 2.40 bits per heavy atom. The molecule has 7 nitrogen and oxygen atoms in total. The number of imidazole rings is 1. The molecule has 2 amide bonds. The number of methoxy groups -OCH3 is 1. The average Bonchev–Trinajstić information content (AvgIpc) is 3.25. The fourth-order valence-electron chi connectivity index (χ4n) is 4.18. The van der Waals surface area contributed by atoms with Crippen LogP contribution in [0.2, 0.25) is 0 Å². The van der Waals surface area contributed by atoms with Crippen LogP contribution in [0.25, 0.3) is 22.5 Å². The molecule has 0 bridgehead atoms. The molecule has 0 aliphatic heterocycles. The molecule has 0 saturated carbocycles. The van der Waals surface area contributed by atoms with Crippen LogP contribution in [-0.2, 0) is 0 Å². The van der Waals surface area contributed by atoms with E-state index < -0.39 is 0 Å². The monoisotopic (exact) mass is 468 g/mol. The smallest absolute Gasteiger partial charge is 0.276 e. The van der Waals surface area contributed by atoms with E-state index in [4.69, 9.17) is 4.74 Å². The number of aryl methyl sites for hydroxylation is 2. The molecule has 178 valence electrons. The summed E-state index contributed by atoms with van der Waals surface area (Å²) in [6.07, 6.45) is 0. The van der Waals surface area contributed by atoms with Crippen LogP contribution in [0.4, 0.5) is 5.69 Å². The maximum absolute atomic E-state index is 13.0. The first kappa shape index (κ1) is 23.8. The number of H-pyrrole nitrogens is 1. The van der Waals surface area contributed by atoms with Gasteiger partial charge in [-0.2, -0.15) is 0 Å². The molecular formula is C28H28N4O3. The lowest BCUT2D eigenvalue weighted by molar-refractivity contribution is 0.0961. The van der Waals surface area contributed by atoms with E-state index in [0.717, 1.165) is 33.6 Å². The number of carbonyl (C=O) groups is 2. The maximum Gasteiger partial charge on any atom is 0.276 e. The molecule has 0 spiro atoms. The Morgan fingerprint density at radius 1 is 0.914 bits per heavy atom. The molecule has 0 unspecified atom stereocenters. The first-order valence-corrected chi connectivity index (χ1v) is 11.3. The van der Waals surface area contributed by atoms with Gasteiger partial charge in [-0.1, -0.05) is 30.3 Å². The lowest BCUT2D eigenvalue weighted by atomic mass is 9.92. The van der Waals surface area contributed by atoms with Crippen LogP contribution in [0.5, 0.6) is 5.75 Å². The molecule has 7 heteroatoms. The number of nitrogens with zero attached hydrogens (tertiary/aromatic N) is 1. The minimum atomic E-state index is -0.357. The van der Waals surface area contributed by atoms with E-state index in [1.165, 1.54) is 0 Å². The van der Waals surface area contributed by atoms with Crippen molar-refractivity contribution in [1.29, 1.82) is 0 Å². The molecular weight excluding hydrogens is 440 g/mol. The van der Waals surface area contributed by atoms with Crippen LogP contribution in [-0.4, -0.2) is 35.9 Å². The number of ether oxygens (including phenoxy) is 1. The molecule has 3 aromatic carbocycles. The summed E-state index contributed by atoms with van der Waals surface area (Å²) in [6.45, 7) is 5.91. The van der Waals surface area contributed by atoms with Gasteiger partial charge in [-0.15, -0.1) is 0 Å². The van der Waals surface area contributed by atoms with Crippen molar-refractivity contribution in [3.63, 3.8) is 0 Å². The number of amides is 2. The predicted octanol–water partition coefficient (Wildman–Crippen LogP) is 5.29. The third kappa shape index (κ3) is 4.66. The minimum Gasteiger partial charge on any atom is -0.496 e. The van der Waals surface area contributed by atoms with Crippen molar-refractivity contribution in [2.45, 2.75) is 20.8 Å². The second-order valence-electron chi connectivity index (χ2n) is 8.30. The number of benzene rings is 3. The van der Waals surface area contributed by atoms with Gasteiger partial charge in [0.25, 0.3) is 11.8 Å². The number of nitrogens with one attached hydrogen (secondary N) is 3. The zero-order valence-corrected chi connectivity index (χ0v) is 20.4. The lowest BCUT2D eigenvalue weighted by Gasteiger charge is -2.16. The standard InChI is InChI=1S/C28H28N4O3/c1-16-9-6-7-12-21(16)24-17(2)22(13-14-23(24)35-5)26-30-18(3)25(32-26)28(34)31-20-11-8-10-19(15-20)27(33)29-4/h6-15H,1-5H3,(H,29,33)(H,30,32)(H,31,34). The van der Waals surface area contributed by atoms with E-state index in [0.29, 0.717) is 22.8 Å². The number of aromatic nitrogens is 2. The van der Waals surface area contributed by atoms with Crippen molar-refractivity contribution in [1.82, 2.24) is 15.3 Å². The number of hydrogen-bond donors (Lipinski definition) is 3. The molecule has 0 aliphatic carbocycles. The Kier molecular flexibility index (Phi) is 6.68. The topological polar surface area (TPSA) is 96.1 Å². The molecule has 0 radical (unpaired) electrons. The quantitative estimate of drug-likeness (QED) is 0.358. The van der Waals surface area contributed by atoms with Gasteiger partial charge >= 0.3 is 0 Å². The second kappa shape index (κ2) is 9.85. The van der Waals surface area contributed by atoms with Gasteiger partial charge in [-0.05, 0) is 67.8 Å². The number of carbonyl (C=O) groups excluding carboxylic acids is 2. The molecule has 3 N–H and O–H groups in total. The van der Waals surface area contributed by atoms with E-state index in [1.54, 1.807) is 38.4 Å². The third-order valence-corrected chi connectivity index (χ3v) is 6.03. The van der Waals surface area contributed by atoms with Crippen LogP contribution >= 0.6 is 0 Å². The second-order valence-corrected chi connectivity index (χ2v) is 8.30. The Hall–Kier alpha value is -4.39. The average molecular weight is 469 g/mol. The first-order valence-electron chi connectivity index (χ1n) is 11.3. The van der Waals surface area contributed by atoms with Gasteiger partial charge in [-0.25, -0.2) is 4.98 Å². The van der Waals surface area contributed by atoms with Crippen LogP contribution in [0.3, 0.4) is 0 Å². The highest BCUT2D eigenvalue weighted by atomic mass is 16.5. The summed E-state index contributed by atoms with van der Waals surface area (Å²) in [7, 11) is 3.22. The molecule has 0 fully saturated rings. The van der Waals surface area contributed by atoms with Crippen LogP contribution in [0, 0.1) is 20.8 Å². The highest BCUT2D eigenvalue weighted by Crippen LogP contribution is 2.39. The van der Waals surface area contributed by atoms with Crippen molar-refractivity contribution < 1.29 is 14.3 Å². The Morgan fingerprint density at radius 2 is 1.69 bits per heavy atom. The van der Waals surface area contributed by atoms with Gasteiger partial charge in [0, 0.05) is 35.1 Å². The highest BCUT2D eigenvalue weighted by molar-refractivity contribution is 6.05. The minimum absolute atomic E-state index is 0.223. The van der Waals surface area contributed by atoms with Gasteiger partial charge in [0.2, 0.25) is 0 Å². The van der Waals surface area contributed by atoms with Crippen LogP contribution in [0.15, 0.2) is 60.7 Å². The fourth-order valence-corrected chi connectivity index (χ4v) is 4.18. The summed E-state index contributed by atoms with van der Waals surface area (Å²) in [5.41, 5.74) is 7.01. The maximum atomic E-state index is 13.0. The van der Waals surface area contributed by atoms with Crippen LogP contribution < -0.4 is 15.4 Å². The predicted molar refractivity (Wildman–Crippen MR) is 138 cm³/mol. The largest absolute Gasteiger partial charge is 0.496 e. The van der Waals surface area contributed by atoms with Gasteiger partial charge in [0.05, 0.1) is 7.11 Å². The van der Waals surface area contributed by atoms with Crippen molar-refractivity contribution in [2.24, 2.45) is 0 Å². The molecule has 35 heavy (non-hydrogen) atoms. The van der Waals surface area contributed by atoms with E-state index >= 15 is 0 Å². The van der Waals surface area contributed by atoms with Crippen molar-refractivity contribution in [3.8, 4) is 28.3 Å². The number of anilines is 1. The fraction of sp³-hybridized carbons (Fsp3) is 0.179. The highest BCUT2D eigenvalue weighted by Gasteiger charge is 2.20. The molecule has 1 heterocycles. The molecule has 0 atom stereocenters. The summed E-state index contributed by atoms with van der Waals surface area (Å²) in [4.78, 5) is 32.8. The summed E-state index contributed by atoms with van der Waals surface area (Å²) in [6, 6.07) is 18.8. The Balaban J connectivity index is 1.70. The number of rotatable bonds is 6. The van der Waals surface area contributed by atoms with E-state index in [9.17, 15) is 9.59 Å². The van der Waals surface area contributed by atoms with E-state index in [1.807, 2.05) is 38.1 Å². The van der Waals surface area contributed by atoms with Gasteiger partial charge in [-0.3, -0.25) is 9.59 Å². The first-order chi connectivity index (χ1) is 16.8. The summed E-state index contributed by atoms with van der Waals surface area (Å²) in [5, 5.41) is 5.42. The van der Waals surface area contributed by atoms with E-state index in [-0.39, 0.29) is 17.5 Å². The SMILES string of the molecule is CNC(=O)c1cccc(NC(=O)c2nc(-c3ccc(OC)c(-c4ccccc4C)c3C)[nH]c2C)c1. The number of hydrogen-bond acceptors (Lipinski definition) is 4. The number of aromatic amines is 1. The zero-order chi connectivity index (χ0) is 25.1. The summed E-state index contributed by atoms with van der Waals surface area (Å²) < 4.78 is 5.67. The van der Waals surface area contributed by atoms with Gasteiger partial charge in [0.15, 0.2) is 0 Å². The Labute approximate surface area is 204 Å². The normalized spacial score (nSPS) is 10.7. The summed E-state index contributed by atoms with van der Waals surface area (Å²) in [5.74, 6) is 0.794. The van der Waals surface area contributed by atoms with Crippen molar-refractivity contribution in [2.75, 3.05) is 19.5 Å². The molecule has 1 aromatic heterocycles. The molecule has 4 rings (SSSR count). The van der Waals surface area contributed by atoms with Crippen LogP contribution in [0.1, 0.15) is 37.7 Å². The molecule has 4 aromatic rings. The van der Waals surface area contributed by atoms with E-state index in [2.05, 4.69) is 39.7 Å². The molecule has 0 saturated heterocycles. The van der Waals surface area contributed by atoms with Crippen molar-refractivity contribution >= 4 is 17.5 Å². The summed E-state index contributed by atoms with van der Waals surface area (Å²) >= 11 is 0. The van der Waals surface area contributed by atoms with Crippen molar-refractivity contribution in [3.05, 3.63) is 88.7 Å². The zero-order valence-electron chi connectivity index (χ0n) is 20.4. The van der Waals surface area contributed by atoms with Gasteiger partial charge in [0.1, 0.15) is 17.3 Å². The lowest BCUT2D eigenvalue weighted by Crippen LogP contribution is -2.18. The Bertz CT molecular complexity index is 1420. The van der Waals surface area contributed by atoms with Gasteiger partial charge < -0.3 is 20.4 Å². The molecule has 0 aliphatic rings. The third-order valence-electron chi connectivity index (χ3n) is 6.03.